The number of nitro groups is 1. The molecule has 0 aliphatic carbocycles. The molecule has 0 aromatic heterocycles. The van der Waals surface area contributed by atoms with E-state index in [1.54, 1.807) is 38.1 Å². The SMILES string of the molecule is COc1ccc(C2=C(C(=O)OC(C)C)C(c3ccc([N+](=O)[O-])cc3)NC(=O)N2)cc1. The molecule has 9 nitrogen and oxygen atoms in total. The Morgan fingerprint density at radius 2 is 1.73 bits per heavy atom. The molecule has 2 aromatic rings. The molecule has 2 amide bonds. The number of urea groups is 1. The van der Waals surface area contributed by atoms with Gasteiger partial charge in [-0.15, -0.1) is 0 Å². The Kier molecular flexibility index (Phi) is 6.01. The molecule has 2 aromatic carbocycles. The topological polar surface area (TPSA) is 120 Å². The first-order chi connectivity index (χ1) is 14.3. The first-order valence-electron chi connectivity index (χ1n) is 9.21. The van der Waals surface area contributed by atoms with Gasteiger partial charge in [-0.05, 0) is 61.4 Å². The lowest BCUT2D eigenvalue weighted by atomic mass is 9.92. The third-order valence-corrected chi connectivity index (χ3v) is 4.45. The van der Waals surface area contributed by atoms with Gasteiger partial charge in [0.15, 0.2) is 0 Å². The largest absolute Gasteiger partial charge is 0.497 e. The van der Waals surface area contributed by atoms with Gasteiger partial charge in [0, 0.05) is 12.1 Å². The van der Waals surface area contributed by atoms with Crippen LogP contribution in [0.4, 0.5) is 10.5 Å². The third-order valence-electron chi connectivity index (χ3n) is 4.45. The number of rotatable bonds is 6. The van der Waals surface area contributed by atoms with E-state index in [9.17, 15) is 19.7 Å². The van der Waals surface area contributed by atoms with Gasteiger partial charge in [-0.2, -0.15) is 0 Å². The van der Waals surface area contributed by atoms with Gasteiger partial charge in [-0.3, -0.25) is 10.1 Å². The number of methoxy groups -OCH3 is 1. The fourth-order valence-electron chi connectivity index (χ4n) is 3.09. The second-order valence-corrected chi connectivity index (χ2v) is 6.85. The second-order valence-electron chi connectivity index (χ2n) is 6.85. The molecule has 1 heterocycles. The molecule has 0 radical (unpaired) electrons. The van der Waals surface area contributed by atoms with E-state index in [4.69, 9.17) is 9.47 Å². The summed E-state index contributed by atoms with van der Waals surface area (Å²) < 4.78 is 10.6. The summed E-state index contributed by atoms with van der Waals surface area (Å²) in [4.78, 5) is 35.8. The van der Waals surface area contributed by atoms with Crippen LogP contribution < -0.4 is 15.4 Å². The molecule has 0 spiro atoms. The highest BCUT2D eigenvalue weighted by atomic mass is 16.6. The Morgan fingerprint density at radius 3 is 2.27 bits per heavy atom. The van der Waals surface area contributed by atoms with Crippen molar-refractivity contribution in [2.24, 2.45) is 0 Å². The van der Waals surface area contributed by atoms with E-state index in [1.165, 1.54) is 31.4 Å². The number of nitrogens with one attached hydrogen (secondary N) is 2. The molecule has 9 heteroatoms. The zero-order valence-electron chi connectivity index (χ0n) is 16.7. The van der Waals surface area contributed by atoms with Gasteiger partial charge >= 0.3 is 12.0 Å². The van der Waals surface area contributed by atoms with Crippen LogP contribution in [0.1, 0.15) is 31.0 Å². The molecule has 0 fully saturated rings. The maximum Gasteiger partial charge on any atom is 0.338 e. The van der Waals surface area contributed by atoms with E-state index in [0.29, 0.717) is 22.6 Å². The van der Waals surface area contributed by atoms with E-state index < -0.39 is 23.0 Å². The second kappa shape index (κ2) is 8.64. The minimum Gasteiger partial charge on any atom is -0.497 e. The number of ether oxygens (including phenoxy) is 2. The van der Waals surface area contributed by atoms with E-state index in [2.05, 4.69) is 10.6 Å². The van der Waals surface area contributed by atoms with Crippen molar-refractivity contribution in [3.63, 3.8) is 0 Å². The summed E-state index contributed by atoms with van der Waals surface area (Å²) in [6.45, 7) is 3.45. The summed E-state index contributed by atoms with van der Waals surface area (Å²) in [7, 11) is 1.54. The Balaban J connectivity index is 2.13. The van der Waals surface area contributed by atoms with E-state index >= 15 is 0 Å². The van der Waals surface area contributed by atoms with E-state index in [0.717, 1.165) is 0 Å². The summed E-state index contributed by atoms with van der Waals surface area (Å²) in [5.74, 6) is 0.0181. The Bertz CT molecular complexity index is 996. The predicted molar refractivity (Wildman–Crippen MR) is 109 cm³/mol. The normalized spacial score (nSPS) is 16.0. The van der Waals surface area contributed by atoms with Crippen molar-refractivity contribution >= 4 is 23.4 Å². The van der Waals surface area contributed by atoms with Crippen LogP contribution in [0, 0.1) is 10.1 Å². The zero-order valence-corrected chi connectivity index (χ0v) is 16.7. The van der Waals surface area contributed by atoms with Gasteiger partial charge in [0.2, 0.25) is 0 Å². The average Bonchev–Trinajstić information content (AvgIpc) is 2.72. The molecule has 1 atom stereocenters. The maximum atomic E-state index is 13.0. The molecule has 0 saturated heterocycles. The standard InChI is InChI=1S/C21H21N3O6/c1-12(2)30-20(25)17-18(13-4-8-15(9-5-13)24(27)28)22-21(26)23-19(17)14-6-10-16(29-3)11-7-14/h4-12,18H,1-3H3,(H2,22,23,26). The number of carbonyl (C=O) groups is 2. The molecule has 2 N–H and O–H groups in total. The Morgan fingerprint density at radius 1 is 1.10 bits per heavy atom. The first-order valence-corrected chi connectivity index (χ1v) is 9.21. The van der Waals surface area contributed by atoms with Gasteiger partial charge in [-0.25, -0.2) is 9.59 Å². The van der Waals surface area contributed by atoms with Crippen LogP contribution in [0.2, 0.25) is 0 Å². The monoisotopic (exact) mass is 411 g/mol. The van der Waals surface area contributed by atoms with Crippen LogP contribution in [-0.2, 0) is 9.53 Å². The van der Waals surface area contributed by atoms with Crippen LogP contribution in [-0.4, -0.2) is 30.1 Å². The number of non-ortho nitro benzene ring substituents is 1. The van der Waals surface area contributed by atoms with Crippen molar-refractivity contribution in [2.75, 3.05) is 7.11 Å². The lowest BCUT2D eigenvalue weighted by Gasteiger charge is -2.30. The highest BCUT2D eigenvalue weighted by Crippen LogP contribution is 2.33. The van der Waals surface area contributed by atoms with Crippen molar-refractivity contribution in [1.29, 1.82) is 0 Å². The fourth-order valence-corrected chi connectivity index (χ4v) is 3.09. The van der Waals surface area contributed by atoms with Crippen molar-refractivity contribution < 1.29 is 24.0 Å². The molecule has 30 heavy (non-hydrogen) atoms. The minimum atomic E-state index is -0.845. The summed E-state index contributed by atoms with van der Waals surface area (Å²) in [5, 5.41) is 16.3. The lowest BCUT2D eigenvalue weighted by Crippen LogP contribution is -2.45. The lowest BCUT2D eigenvalue weighted by molar-refractivity contribution is -0.384. The first kappa shape index (κ1) is 20.8. The number of benzene rings is 2. The average molecular weight is 411 g/mol. The van der Waals surface area contributed by atoms with Gasteiger partial charge in [0.05, 0.1) is 35.4 Å². The van der Waals surface area contributed by atoms with Crippen molar-refractivity contribution in [3.05, 3.63) is 75.3 Å². The van der Waals surface area contributed by atoms with Crippen LogP contribution in [0.5, 0.6) is 5.75 Å². The van der Waals surface area contributed by atoms with E-state index in [-0.39, 0.29) is 17.4 Å². The maximum absolute atomic E-state index is 13.0. The summed E-state index contributed by atoms with van der Waals surface area (Å²) in [6, 6.07) is 11.2. The Labute approximate surface area is 172 Å². The molecule has 0 bridgehead atoms. The van der Waals surface area contributed by atoms with Crippen molar-refractivity contribution in [2.45, 2.75) is 26.0 Å². The van der Waals surface area contributed by atoms with Crippen molar-refractivity contribution in [3.8, 4) is 5.75 Å². The number of amides is 2. The van der Waals surface area contributed by atoms with Gasteiger partial charge < -0.3 is 20.1 Å². The highest BCUT2D eigenvalue weighted by molar-refractivity contribution is 6.04. The molecule has 3 rings (SSSR count). The molecule has 0 saturated carbocycles. The molecular weight excluding hydrogens is 390 g/mol. The van der Waals surface area contributed by atoms with Crippen LogP contribution >= 0.6 is 0 Å². The molecule has 1 aliphatic rings. The summed E-state index contributed by atoms with van der Waals surface area (Å²) in [6.07, 6.45) is -0.378. The van der Waals surface area contributed by atoms with Crippen LogP contribution in [0.25, 0.3) is 5.70 Å². The summed E-state index contributed by atoms with van der Waals surface area (Å²) in [5.41, 5.74) is 1.51. The molecular formula is C21H21N3O6. The fraction of sp³-hybridized carbons (Fsp3) is 0.238. The predicted octanol–water partition coefficient (Wildman–Crippen LogP) is 3.32. The van der Waals surface area contributed by atoms with Gasteiger partial charge in [0.25, 0.3) is 5.69 Å². The van der Waals surface area contributed by atoms with E-state index in [1.807, 2.05) is 0 Å². The molecule has 1 unspecified atom stereocenters. The summed E-state index contributed by atoms with van der Waals surface area (Å²) >= 11 is 0. The number of hydrogen-bond donors (Lipinski definition) is 2. The number of nitro benzene ring substituents is 1. The Hall–Kier alpha value is -3.88. The molecule has 156 valence electrons. The number of hydrogen-bond acceptors (Lipinski definition) is 6. The number of carbonyl (C=O) groups excluding carboxylic acids is 2. The molecule has 1 aliphatic heterocycles. The third kappa shape index (κ3) is 4.40. The van der Waals surface area contributed by atoms with Crippen LogP contribution in [0.15, 0.2) is 54.1 Å². The highest BCUT2D eigenvalue weighted by Gasteiger charge is 2.35. The quantitative estimate of drug-likeness (QED) is 0.427. The van der Waals surface area contributed by atoms with Gasteiger partial charge in [-0.1, -0.05) is 0 Å². The number of nitrogens with zero attached hydrogens (tertiary/aromatic N) is 1. The van der Waals surface area contributed by atoms with Crippen molar-refractivity contribution in [1.82, 2.24) is 10.6 Å². The zero-order chi connectivity index (χ0) is 21.8. The van der Waals surface area contributed by atoms with Crippen LogP contribution in [0.3, 0.4) is 0 Å². The minimum absolute atomic E-state index is 0.0929. The smallest absolute Gasteiger partial charge is 0.338 e. The van der Waals surface area contributed by atoms with Gasteiger partial charge in [0.1, 0.15) is 5.75 Å². The number of esters is 1.